The van der Waals surface area contributed by atoms with Gasteiger partial charge >= 0.3 is 0 Å². The number of carbonyl (C=O) groups is 2. The molecule has 2 amide bonds. The van der Waals surface area contributed by atoms with Crippen LogP contribution in [0.3, 0.4) is 0 Å². The third-order valence-electron chi connectivity index (χ3n) is 2.03. The van der Waals surface area contributed by atoms with E-state index in [1.807, 2.05) is 13.8 Å². The van der Waals surface area contributed by atoms with Gasteiger partial charge in [-0.3, -0.25) is 9.59 Å². The quantitative estimate of drug-likeness (QED) is 0.617. The van der Waals surface area contributed by atoms with E-state index in [0.29, 0.717) is 6.41 Å². The van der Waals surface area contributed by atoms with Gasteiger partial charge in [0.2, 0.25) is 12.3 Å². The molecular weight excluding hydrogens is 180 g/mol. The van der Waals surface area contributed by atoms with Crippen LogP contribution in [0.2, 0.25) is 0 Å². The van der Waals surface area contributed by atoms with Crippen molar-refractivity contribution in [3.8, 4) is 0 Å². The number of hydrogen-bond acceptors (Lipinski definition) is 2. The molecule has 0 aromatic heterocycles. The third kappa shape index (κ3) is 4.84. The van der Waals surface area contributed by atoms with Gasteiger partial charge in [-0.05, 0) is 20.3 Å². The molecular formula is C10H20N2O2. The van der Waals surface area contributed by atoms with Gasteiger partial charge in [0.05, 0.1) is 6.54 Å². The molecule has 0 atom stereocenters. The van der Waals surface area contributed by atoms with Gasteiger partial charge in [-0.25, -0.2) is 0 Å². The summed E-state index contributed by atoms with van der Waals surface area (Å²) in [6.07, 6.45) is 2.62. The van der Waals surface area contributed by atoms with E-state index in [2.05, 4.69) is 12.2 Å². The largest absolute Gasteiger partial charge is 0.350 e. The summed E-state index contributed by atoms with van der Waals surface area (Å²) < 4.78 is 0. The Morgan fingerprint density at radius 2 is 2.14 bits per heavy atom. The van der Waals surface area contributed by atoms with E-state index in [0.717, 1.165) is 19.4 Å². The zero-order valence-corrected chi connectivity index (χ0v) is 9.25. The lowest BCUT2D eigenvalue weighted by Crippen LogP contribution is -2.42. The van der Waals surface area contributed by atoms with E-state index in [9.17, 15) is 9.59 Å². The average Bonchev–Trinajstić information content (AvgIpc) is 2.14. The van der Waals surface area contributed by atoms with E-state index in [4.69, 9.17) is 0 Å². The standard InChI is InChI=1S/C10H20N2O2/c1-4-5-6-12(9(2)3)10(14)7-11-8-13/h8-9H,4-7H2,1-3H3,(H,11,13). The Balaban J connectivity index is 4.04. The van der Waals surface area contributed by atoms with Crippen molar-refractivity contribution in [3.63, 3.8) is 0 Å². The molecule has 0 aromatic carbocycles. The van der Waals surface area contributed by atoms with Crippen molar-refractivity contribution >= 4 is 12.3 Å². The topological polar surface area (TPSA) is 49.4 Å². The van der Waals surface area contributed by atoms with E-state index in [1.54, 1.807) is 4.90 Å². The molecule has 0 aliphatic carbocycles. The average molecular weight is 200 g/mol. The van der Waals surface area contributed by atoms with E-state index in [-0.39, 0.29) is 18.5 Å². The predicted molar refractivity (Wildman–Crippen MR) is 55.8 cm³/mol. The van der Waals surface area contributed by atoms with Crippen molar-refractivity contribution in [1.82, 2.24) is 10.2 Å². The molecule has 0 unspecified atom stereocenters. The lowest BCUT2D eigenvalue weighted by atomic mass is 10.2. The highest BCUT2D eigenvalue weighted by Crippen LogP contribution is 2.01. The van der Waals surface area contributed by atoms with Gasteiger partial charge in [-0.1, -0.05) is 13.3 Å². The molecule has 1 N–H and O–H groups in total. The minimum atomic E-state index is -0.0134. The molecule has 0 spiro atoms. The zero-order valence-electron chi connectivity index (χ0n) is 9.25. The highest BCUT2D eigenvalue weighted by molar-refractivity contribution is 5.80. The van der Waals surface area contributed by atoms with Crippen LogP contribution in [0.1, 0.15) is 33.6 Å². The first kappa shape index (κ1) is 12.9. The van der Waals surface area contributed by atoms with E-state index < -0.39 is 0 Å². The number of hydrogen-bond donors (Lipinski definition) is 1. The first-order chi connectivity index (χ1) is 6.63. The van der Waals surface area contributed by atoms with Crippen LogP contribution in [0.5, 0.6) is 0 Å². The maximum atomic E-state index is 11.6. The molecule has 0 saturated carbocycles. The highest BCUT2D eigenvalue weighted by atomic mass is 16.2. The first-order valence-corrected chi connectivity index (χ1v) is 5.10. The third-order valence-corrected chi connectivity index (χ3v) is 2.03. The summed E-state index contributed by atoms with van der Waals surface area (Å²) in [6.45, 7) is 6.93. The zero-order chi connectivity index (χ0) is 11.0. The second kappa shape index (κ2) is 7.35. The molecule has 0 radical (unpaired) electrons. The highest BCUT2D eigenvalue weighted by Gasteiger charge is 2.15. The molecule has 14 heavy (non-hydrogen) atoms. The van der Waals surface area contributed by atoms with E-state index in [1.165, 1.54) is 0 Å². The van der Waals surface area contributed by atoms with Gasteiger partial charge in [0.15, 0.2) is 0 Å². The second-order valence-corrected chi connectivity index (χ2v) is 3.53. The van der Waals surface area contributed by atoms with Crippen LogP contribution < -0.4 is 5.32 Å². The SMILES string of the molecule is CCCCN(C(=O)CNC=O)C(C)C. The molecule has 0 saturated heterocycles. The Kier molecular flexibility index (Phi) is 6.80. The summed E-state index contributed by atoms with van der Waals surface area (Å²) in [7, 11) is 0. The van der Waals surface area contributed by atoms with Gasteiger partial charge in [0.1, 0.15) is 0 Å². The number of nitrogens with zero attached hydrogens (tertiary/aromatic N) is 1. The molecule has 82 valence electrons. The van der Waals surface area contributed by atoms with Gasteiger partial charge in [-0.15, -0.1) is 0 Å². The van der Waals surface area contributed by atoms with Gasteiger partial charge < -0.3 is 10.2 Å². The molecule has 0 bridgehead atoms. The smallest absolute Gasteiger partial charge is 0.242 e. The van der Waals surface area contributed by atoms with Crippen molar-refractivity contribution in [1.29, 1.82) is 0 Å². The summed E-state index contributed by atoms with van der Waals surface area (Å²) in [6, 6.07) is 0.197. The summed E-state index contributed by atoms with van der Waals surface area (Å²) in [4.78, 5) is 23.4. The minimum absolute atomic E-state index is 0.0134. The van der Waals surface area contributed by atoms with Crippen LogP contribution >= 0.6 is 0 Å². The van der Waals surface area contributed by atoms with Crippen LogP contribution in [-0.4, -0.2) is 36.3 Å². The Morgan fingerprint density at radius 3 is 2.57 bits per heavy atom. The Labute approximate surface area is 85.7 Å². The summed E-state index contributed by atoms with van der Waals surface area (Å²) in [5, 5.41) is 2.39. The Bertz CT molecular complexity index is 181. The maximum absolute atomic E-state index is 11.6. The molecule has 0 aliphatic rings. The molecule has 0 rings (SSSR count). The van der Waals surface area contributed by atoms with Crippen molar-refractivity contribution in [2.24, 2.45) is 0 Å². The minimum Gasteiger partial charge on any atom is -0.350 e. The fourth-order valence-electron chi connectivity index (χ4n) is 1.23. The Hall–Kier alpha value is -1.06. The molecule has 4 nitrogen and oxygen atoms in total. The van der Waals surface area contributed by atoms with Crippen LogP contribution in [0.4, 0.5) is 0 Å². The second-order valence-electron chi connectivity index (χ2n) is 3.53. The normalized spacial score (nSPS) is 10.0. The van der Waals surface area contributed by atoms with Crippen LogP contribution in [0.25, 0.3) is 0 Å². The van der Waals surface area contributed by atoms with E-state index >= 15 is 0 Å². The number of amides is 2. The number of unbranched alkanes of at least 4 members (excludes halogenated alkanes) is 1. The molecule has 0 fully saturated rings. The fourth-order valence-corrected chi connectivity index (χ4v) is 1.23. The van der Waals surface area contributed by atoms with Crippen molar-refractivity contribution in [2.75, 3.05) is 13.1 Å². The summed E-state index contributed by atoms with van der Waals surface area (Å²) >= 11 is 0. The molecule has 0 aromatic rings. The first-order valence-electron chi connectivity index (χ1n) is 5.10. The van der Waals surface area contributed by atoms with Gasteiger partial charge in [0, 0.05) is 12.6 Å². The van der Waals surface area contributed by atoms with Gasteiger partial charge in [-0.2, -0.15) is 0 Å². The lowest BCUT2D eigenvalue weighted by Gasteiger charge is -2.26. The summed E-state index contributed by atoms with van der Waals surface area (Å²) in [5.74, 6) is -0.0134. The predicted octanol–water partition coefficient (Wildman–Crippen LogP) is 0.769. The van der Waals surface area contributed by atoms with Crippen LogP contribution in [-0.2, 0) is 9.59 Å². The van der Waals surface area contributed by atoms with Crippen molar-refractivity contribution in [2.45, 2.75) is 39.7 Å². The van der Waals surface area contributed by atoms with Crippen LogP contribution in [0.15, 0.2) is 0 Å². The maximum Gasteiger partial charge on any atom is 0.242 e. The van der Waals surface area contributed by atoms with Crippen molar-refractivity contribution in [3.05, 3.63) is 0 Å². The van der Waals surface area contributed by atoms with Crippen LogP contribution in [0, 0.1) is 0 Å². The van der Waals surface area contributed by atoms with Gasteiger partial charge in [0.25, 0.3) is 0 Å². The fraction of sp³-hybridized carbons (Fsp3) is 0.800. The monoisotopic (exact) mass is 200 g/mol. The number of rotatable bonds is 7. The Morgan fingerprint density at radius 1 is 1.50 bits per heavy atom. The number of nitrogens with one attached hydrogen (secondary N) is 1. The van der Waals surface area contributed by atoms with Crippen molar-refractivity contribution < 1.29 is 9.59 Å². The summed E-state index contributed by atoms with van der Waals surface area (Å²) in [5.41, 5.74) is 0. The lowest BCUT2D eigenvalue weighted by molar-refractivity contribution is -0.133. The molecule has 4 heteroatoms. The molecule has 0 aliphatic heterocycles. The molecule has 0 heterocycles. The number of carbonyl (C=O) groups excluding carboxylic acids is 2.